The Hall–Kier alpha value is -0.610. The molecule has 0 aliphatic carbocycles. The minimum Gasteiger partial charge on any atom is -0.383 e. The van der Waals surface area contributed by atoms with Gasteiger partial charge < -0.3 is 15.4 Å². The number of hydrogen-bond acceptors (Lipinski definition) is 3. The number of rotatable bonds is 7. The number of methoxy groups -OCH3 is 1. The SMILES string of the molecule is CCC(=O)NCCNCCOC. The Labute approximate surface area is 73.7 Å². The summed E-state index contributed by atoms with van der Waals surface area (Å²) in [5.74, 6) is 0.101. The van der Waals surface area contributed by atoms with Gasteiger partial charge in [0, 0.05) is 33.2 Å². The molecule has 0 rings (SSSR count). The van der Waals surface area contributed by atoms with Crippen LogP contribution in [0, 0.1) is 0 Å². The van der Waals surface area contributed by atoms with E-state index in [1.165, 1.54) is 0 Å². The summed E-state index contributed by atoms with van der Waals surface area (Å²) in [5, 5.41) is 5.89. The maximum Gasteiger partial charge on any atom is 0.219 e. The Kier molecular flexibility index (Phi) is 8.05. The van der Waals surface area contributed by atoms with E-state index >= 15 is 0 Å². The molecule has 4 heteroatoms. The van der Waals surface area contributed by atoms with Crippen LogP contribution in [0.2, 0.25) is 0 Å². The van der Waals surface area contributed by atoms with Gasteiger partial charge in [0.15, 0.2) is 0 Å². The Morgan fingerprint density at radius 1 is 1.33 bits per heavy atom. The van der Waals surface area contributed by atoms with Gasteiger partial charge in [-0.15, -0.1) is 0 Å². The topological polar surface area (TPSA) is 50.4 Å². The van der Waals surface area contributed by atoms with E-state index in [9.17, 15) is 4.79 Å². The maximum absolute atomic E-state index is 10.7. The van der Waals surface area contributed by atoms with E-state index in [4.69, 9.17) is 4.74 Å². The third-order valence-corrected chi connectivity index (χ3v) is 1.43. The van der Waals surface area contributed by atoms with Gasteiger partial charge in [-0.25, -0.2) is 0 Å². The van der Waals surface area contributed by atoms with E-state index in [1.807, 2.05) is 6.92 Å². The summed E-state index contributed by atoms with van der Waals surface area (Å²) in [5.41, 5.74) is 0. The lowest BCUT2D eigenvalue weighted by atomic mass is 10.4. The molecule has 0 saturated carbocycles. The molecule has 0 fully saturated rings. The number of ether oxygens (including phenoxy) is 1. The summed E-state index contributed by atoms with van der Waals surface area (Å²) in [6.07, 6.45) is 0.554. The highest BCUT2D eigenvalue weighted by Gasteiger charge is 1.93. The number of hydrogen-bond donors (Lipinski definition) is 2. The molecule has 0 saturated heterocycles. The standard InChI is InChI=1S/C8H18N2O2/c1-3-8(11)10-5-4-9-6-7-12-2/h9H,3-7H2,1-2H3,(H,10,11). The van der Waals surface area contributed by atoms with Crippen LogP contribution in [-0.4, -0.2) is 39.3 Å². The molecule has 2 N–H and O–H groups in total. The molecule has 0 spiro atoms. The molecule has 4 nitrogen and oxygen atoms in total. The van der Waals surface area contributed by atoms with E-state index in [2.05, 4.69) is 10.6 Å². The molecular formula is C8H18N2O2. The molecule has 0 aliphatic rings. The average Bonchev–Trinajstić information content (AvgIpc) is 2.10. The van der Waals surface area contributed by atoms with Crippen molar-refractivity contribution in [1.29, 1.82) is 0 Å². The average molecular weight is 174 g/mol. The molecule has 72 valence electrons. The number of nitrogens with one attached hydrogen (secondary N) is 2. The summed E-state index contributed by atoms with van der Waals surface area (Å²) in [6.45, 7) is 4.87. The van der Waals surface area contributed by atoms with Gasteiger partial charge in [-0.2, -0.15) is 0 Å². The van der Waals surface area contributed by atoms with Crippen LogP contribution in [0.3, 0.4) is 0 Å². The molecule has 0 aromatic rings. The van der Waals surface area contributed by atoms with Crippen molar-refractivity contribution in [3.8, 4) is 0 Å². The summed E-state index contributed by atoms with van der Waals surface area (Å²) in [7, 11) is 1.67. The van der Waals surface area contributed by atoms with Gasteiger partial charge in [-0.3, -0.25) is 4.79 Å². The first-order valence-corrected chi connectivity index (χ1v) is 4.27. The molecule has 12 heavy (non-hydrogen) atoms. The Bertz CT molecular complexity index is 118. The zero-order valence-electron chi connectivity index (χ0n) is 7.85. The summed E-state index contributed by atoms with van der Waals surface area (Å²) in [6, 6.07) is 0. The van der Waals surface area contributed by atoms with Gasteiger partial charge in [-0.05, 0) is 0 Å². The molecule has 0 unspecified atom stereocenters. The third kappa shape index (κ3) is 7.50. The van der Waals surface area contributed by atoms with Crippen LogP contribution in [0.4, 0.5) is 0 Å². The van der Waals surface area contributed by atoms with Crippen LogP contribution >= 0.6 is 0 Å². The number of carbonyl (C=O) groups is 1. The van der Waals surface area contributed by atoms with Crippen molar-refractivity contribution in [3.63, 3.8) is 0 Å². The van der Waals surface area contributed by atoms with Gasteiger partial charge in [0.1, 0.15) is 0 Å². The van der Waals surface area contributed by atoms with E-state index in [0.717, 1.165) is 13.1 Å². The normalized spacial score (nSPS) is 9.83. The Morgan fingerprint density at radius 2 is 2.08 bits per heavy atom. The fourth-order valence-corrected chi connectivity index (χ4v) is 0.715. The minimum absolute atomic E-state index is 0.101. The second-order valence-electron chi connectivity index (χ2n) is 2.45. The molecule has 0 aromatic heterocycles. The predicted molar refractivity (Wildman–Crippen MR) is 48.0 cm³/mol. The second-order valence-corrected chi connectivity index (χ2v) is 2.45. The minimum atomic E-state index is 0.101. The van der Waals surface area contributed by atoms with Crippen molar-refractivity contribution < 1.29 is 9.53 Å². The molecule has 0 radical (unpaired) electrons. The fourth-order valence-electron chi connectivity index (χ4n) is 0.715. The molecule has 1 amide bonds. The first-order valence-electron chi connectivity index (χ1n) is 4.27. The lowest BCUT2D eigenvalue weighted by molar-refractivity contribution is -0.120. The van der Waals surface area contributed by atoms with Crippen LogP contribution < -0.4 is 10.6 Å². The van der Waals surface area contributed by atoms with E-state index in [1.54, 1.807) is 7.11 Å². The van der Waals surface area contributed by atoms with Crippen LogP contribution in [0.25, 0.3) is 0 Å². The van der Waals surface area contributed by atoms with Crippen molar-refractivity contribution in [2.24, 2.45) is 0 Å². The molecule has 0 bridgehead atoms. The summed E-state index contributed by atoms with van der Waals surface area (Å²) >= 11 is 0. The third-order valence-electron chi connectivity index (χ3n) is 1.43. The zero-order chi connectivity index (χ0) is 9.23. The van der Waals surface area contributed by atoms with Crippen LogP contribution in [0.1, 0.15) is 13.3 Å². The van der Waals surface area contributed by atoms with Gasteiger partial charge in [0.25, 0.3) is 0 Å². The quantitative estimate of drug-likeness (QED) is 0.523. The fraction of sp³-hybridized carbons (Fsp3) is 0.875. The van der Waals surface area contributed by atoms with Gasteiger partial charge in [-0.1, -0.05) is 6.92 Å². The first-order chi connectivity index (χ1) is 5.81. The summed E-state index contributed by atoms with van der Waals surface area (Å²) < 4.78 is 4.84. The van der Waals surface area contributed by atoms with Crippen molar-refractivity contribution in [2.45, 2.75) is 13.3 Å². The molecular weight excluding hydrogens is 156 g/mol. The van der Waals surface area contributed by atoms with Gasteiger partial charge >= 0.3 is 0 Å². The largest absolute Gasteiger partial charge is 0.383 e. The number of carbonyl (C=O) groups excluding carboxylic acids is 1. The highest BCUT2D eigenvalue weighted by molar-refractivity contribution is 5.75. The highest BCUT2D eigenvalue weighted by Crippen LogP contribution is 1.72. The smallest absolute Gasteiger partial charge is 0.219 e. The molecule has 0 atom stereocenters. The second kappa shape index (κ2) is 8.49. The monoisotopic (exact) mass is 174 g/mol. The van der Waals surface area contributed by atoms with Crippen LogP contribution in [-0.2, 0) is 9.53 Å². The Morgan fingerprint density at radius 3 is 2.67 bits per heavy atom. The molecule has 0 heterocycles. The van der Waals surface area contributed by atoms with Crippen LogP contribution in [0.5, 0.6) is 0 Å². The Balaban J connectivity index is 2.95. The van der Waals surface area contributed by atoms with E-state index < -0.39 is 0 Å². The van der Waals surface area contributed by atoms with E-state index in [0.29, 0.717) is 19.6 Å². The maximum atomic E-state index is 10.7. The molecule has 0 aliphatic heterocycles. The molecule has 0 aromatic carbocycles. The first kappa shape index (κ1) is 11.4. The highest BCUT2D eigenvalue weighted by atomic mass is 16.5. The van der Waals surface area contributed by atoms with Crippen molar-refractivity contribution in [1.82, 2.24) is 10.6 Å². The van der Waals surface area contributed by atoms with Crippen LogP contribution in [0.15, 0.2) is 0 Å². The lowest BCUT2D eigenvalue weighted by Gasteiger charge is -2.04. The van der Waals surface area contributed by atoms with Crippen molar-refractivity contribution >= 4 is 5.91 Å². The predicted octanol–water partition coefficient (Wildman–Crippen LogP) is -0.251. The van der Waals surface area contributed by atoms with E-state index in [-0.39, 0.29) is 5.91 Å². The van der Waals surface area contributed by atoms with Crippen molar-refractivity contribution in [3.05, 3.63) is 0 Å². The lowest BCUT2D eigenvalue weighted by Crippen LogP contribution is -2.32. The summed E-state index contributed by atoms with van der Waals surface area (Å²) in [4.78, 5) is 10.7. The van der Waals surface area contributed by atoms with Crippen molar-refractivity contribution in [2.75, 3.05) is 33.4 Å². The van der Waals surface area contributed by atoms with Gasteiger partial charge in [0.2, 0.25) is 5.91 Å². The number of amides is 1. The van der Waals surface area contributed by atoms with Gasteiger partial charge in [0.05, 0.1) is 6.61 Å². The zero-order valence-corrected chi connectivity index (χ0v) is 7.85.